The highest BCUT2D eigenvalue weighted by Crippen LogP contribution is 2.04. The molecule has 0 fully saturated rings. The number of aliphatic carboxylic acids is 1. The molecule has 0 saturated carbocycles. The molecule has 0 aliphatic heterocycles. The Hall–Kier alpha value is -1.14. The van der Waals surface area contributed by atoms with Crippen molar-refractivity contribution in [1.82, 2.24) is 5.32 Å². The molecule has 0 aliphatic rings. The molecular weight excluding hydrogens is 274 g/mol. The number of nitrogens with one attached hydrogen (secondary N) is 1. The third kappa shape index (κ3) is 16.8. The summed E-state index contributed by atoms with van der Waals surface area (Å²) in [4.78, 5) is 21.7. The minimum Gasteiger partial charge on any atom is -0.481 e. The zero-order chi connectivity index (χ0) is 15.8. The quantitative estimate of drug-likeness (QED) is 0.452. The van der Waals surface area contributed by atoms with E-state index in [0.717, 1.165) is 12.8 Å². The van der Waals surface area contributed by atoms with Crippen LogP contribution < -0.4 is 5.32 Å². The average molecular weight is 303 g/mol. The molecule has 0 saturated heterocycles. The second-order valence-electron chi connectivity index (χ2n) is 4.88. The van der Waals surface area contributed by atoms with Crippen LogP contribution in [0.4, 0.5) is 0 Å². The van der Waals surface area contributed by atoms with Gasteiger partial charge in [0, 0.05) is 13.0 Å². The second kappa shape index (κ2) is 15.3. The molecule has 2 N–H and O–H groups in total. The van der Waals surface area contributed by atoms with Crippen molar-refractivity contribution in [3.63, 3.8) is 0 Å². The molecule has 6 heteroatoms. The molecule has 0 atom stereocenters. The van der Waals surface area contributed by atoms with Crippen molar-refractivity contribution in [2.45, 2.75) is 51.9 Å². The third-order valence-corrected chi connectivity index (χ3v) is 2.91. The van der Waals surface area contributed by atoms with E-state index in [1.807, 2.05) is 0 Å². The lowest BCUT2D eigenvalue weighted by atomic mass is 10.1. The lowest BCUT2D eigenvalue weighted by Gasteiger charge is -2.07. The van der Waals surface area contributed by atoms with E-state index < -0.39 is 5.97 Å². The van der Waals surface area contributed by atoms with Crippen molar-refractivity contribution in [1.29, 1.82) is 0 Å². The van der Waals surface area contributed by atoms with Crippen molar-refractivity contribution in [2.75, 3.05) is 33.0 Å². The highest BCUT2D eigenvalue weighted by molar-refractivity contribution is 5.75. The summed E-state index contributed by atoms with van der Waals surface area (Å²) < 4.78 is 10.3. The van der Waals surface area contributed by atoms with Crippen LogP contribution in [0, 0.1) is 0 Å². The number of ether oxygens (including phenoxy) is 2. The van der Waals surface area contributed by atoms with E-state index in [-0.39, 0.29) is 18.9 Å². The molecule has 0 heterocycles. The van der Waals surface area contributed by atoms with Gasteiger partial charge in [-0.05, 0) is 6.42 Å². The van der Waals surface area contributed by atoms with E-state index in [0.29, 0.717) is 32.8 Å². The number of hydrogen-bond acceptors (Lipinski definition) is 4. The largest absolute Gasteiger partial charge is 0.481 e. The highest BCUT2D eigenvalue weighted by Gasteiger charge is 2.00. The molecule has 1 amide bonds. The summed E-state index contributed by atoms with van der Waals surface area (Å²) in [6.45, 7) is 4.11. The minimum absolute atomic E-state index is 0.00825. The second-order valence-corrected chi connectivity index (χ2v) is 4.88. The van der Waals surface area contributed by atoms with E-state index in [1.54, 1.807) is 0 Å². The van der Waals surface area contributed by atoms with Gasteiger partial charge in [-0.1, -0.05) is 32.6 Å². The predicted molar refractivity (Wildman–Crippen MR) is 80.3 cm³/mol. The van der Waals surface area contributed by atoms with E-state index in [1.165, 1.54) is 19.3 Å². The van der Waals surface area contributed by atoms with Crippen molar-refractivity contribution < 1.29 is 24.2 Å². The molecule has 0 aromatic rings. The first-order chi connectivity index (χ1) is 10.2. The molecule has 0 rings (SSSR count). The molecule has 0 aromatic heterocycles. The Morgan fingerprint density at radius 2 is 1.57 bits per heavy atom. The molecule has 0 bridgehead atoms. The first-order valence-electron chi connectivity index (χ1n) is 7.80. The van der Waals surface area contributed by atoms with Crippen molar-refractivity contribution in [3.05, 3.63) is 0 Å². The van der Waals surface area contributed by atoms with Gasteiger partial charge in [0.2, 0.25) is 5.91 Å². The molecule has 124 valence electrons. The topological polar surface area (TPSA) is 84.9 Å². The number of unbranched alkanes of at least 4 members (excludes halogenated alkanes) is 4. The predicted octanol–water partition coefficient (Wildman–Crippen LogP) is 1.97. The summed E-state index contributed by atoms with van der Waals surface area (Å²) in [5, 5.41) is 11.2. The van der Waals surface area contributed by atoms with Crippen molar-refractivity contribution in [2.24, 2.45) is 0 Å². The normalized spacial score (nSPS) is 10.5. The third-order valence-electron chi connectivity index (χ3n) is 2.91. The lowest BCUT2D eigenvalue weighted by molar-refractivity contribution is -0.138. The Labute approximate surface area is 127 Å². The molecule has 0 aromatic carbocycles. The number of amides is 1. The summed E-state index contributed by atoms with van der Waals surface area (Å²) in [5.41, 5.74) is 0. The van der Waals surface area contributed by atoms with Gasteiger partial charge in [-0.15, -0.1) is 0 Å². The number of hydrogen-bond donors (Lipinski definition) is 2. The fourth-order valence-corrected chi connectivity index (χ4v) is 1.72. The fraction of sp³-hybridized carbons (Fsp3) is 0.867. The highest BCUT2D eigenvalue weighted by atomic mass is 16.5. The smallest absolute Gasteiger partial charge is 0.305 e. The number of carbonyl (C=O) groups excluding carboxylic acids is 1. The van der Waals surface area contributed by atoms with Gasteiger partial charge in [0.25, 0.3) is 0 Å². The van der Waals surface area contributed by atoms with Gasteiger partial charge in [0.1, 0.15) is 0 Å². The number of rotatable bonds is 15. The first-order valence-corrected chi connectivity index (χ1v) is 7.80. The summed E-state index contributed by atoms with van der Waals surface area (Å²) in [7, 11) is 0. The van der Waals surface area contributed by atoms with Crippen LogP contribution in [0.25, 0.3) is 0 Å². The van der Waals surface area contributed by atoms with Gasteiger partial charge in [0.05, 0.1) is 32.8 Å². The van der Waals surface area contributed by atoms with Crippen molar-refractivity contribution >= 4 is 11.9 Å². The minimum atomic E-state index is -0.867. The van der Waals surface area contributed by atoms with Gasteiger partial charge >= 0.3 is 5.97 Å². The van der Waals surface area contributed by atoms with E-state index in [4.69, 9.17) is 14.6 Å². The fourth-order valence-electron chi connectivity index (χ4n) is 1.72. The van der Waals surface area contributed by atoms with Gasteiger partial charge in [-0.2, -0.15) is 0 Å². The molecule has 6 nitrogen and oxygen atoms in total. The van der Waals surface area contributed by atoms with Crippen LogP contribution in [0.3, 0.4) is 0 Å². The molecule has 0 aliphatic carbocycles. The SMILES string of the molecule is CCCCCCCC(=O)NCCOCCOCCC(=O)O. The molecule has 0 unspecified atom stereocenters. The van der Waals surface area contributed by atoms with Crippen LogP contribution in [-0.4, -0.2) is 50.0 Å². The molecule has 21 heavy (non-hydrogen) atoms. The number of carbonyl (C=O) groups is 2. The van der Waals surface area contributed by atoms with Gasteiger partial charge in [-0.25, -0.2) is 0 Å². The van der Waals surface area contributed by atoms with Crippen LogP contribution in [-0.2, 0) is 19.1 Å². The van der Waals surface area contributed by atoms with Crippen LogP contribution in [0.2, 0.25) is 0 Å². The summed E-state index contributed by atoms with van der Waals surface area (Å²) in [5.74, 6) is -0.791. The van der Waals surface area contributed by atoms with E-state index in [9.17, 15) is 9.59 Å². The zero-order valence-corrected chi connectivity index (χ0v) is 13.1. The Morgan fingerprint density at radius 3 is 2.24 bits per heavy atom. The Balaban J connectivity index is 3.16. The van der Waals surface area contributed by atoms with Crippen LogP contribution in [0.1, 0.15) is 51.9 Å². The van der Waals surface area contributed by atoms with Crippen molar-refractivity contribution in [3.8, 4) is 0 Å². The Morgan fingerprint density at radius 1 is 0.905 bits per heavy atom. The number of carboxylic acids is 1. The Kier molecular flexibility index (Phi) is 14.4. The lowest BCUT2D eigenvalue weighted by Crippen LogP contribution is -2.27. The van der Waals surface area contributed by atoms with Crippen LogP contribution >= 0.6 is 0 Å². The molecular formula is C15H29NO5. The standard InChI is InChI=1S/C15H29NO5/c1-2-3-4-5-6-7-14(17)16-9-11-21-13-12-20-10-8-15(18)19/h2-13H2,1H3,(H,16,17)(H,18,19). The van der Waals surface area contributed by atoms with Crippen LogP contribution in [0.5, 0.6) is 0 Å². The van der Waals surface area contributed by atoms with Gasteiger partial charge in [0.15, 0.2) is 0 Å². The summed E-state index contributed by atoms with van der Waals surface area (Å²) >= 11 is 0. The van der Waals surface area contributed by atoms with E-state index >= 15 is 0 Å². The monoisotopic (exact) mass is 303 g/mol. The summed E-state index contributed by atoms with van der Waals surface area (Å²) in [6, 6.07) is 0. The maximum absolute atomic E-state index is 11.5. The van der Waals surface area contributed by atoms with E-state index in [2.05, 4.69) is 12.2 Å². The van der Waals surface area contributed by atoms with Crippen LogP contribution in [0.15, 0.2) is 0 Å². The molecule has 0 spiro atoms. The first kappa shape index (κ1) is 19.9. The summed E-state index contributed by atoms with van der Waals surface area (Å²) in [6.07, 6.45) is 6.31. The molecule has 0 radical (unpaired) electrons. The van der Waals surface area contributed by atoms with Gasteiger partial charge < -0.3 is 19.9 Å². The maximum atomic E-state index is 11.5. The van der Waals surface area contributed by atoms with Gasteiger partial charge in [-0.3, -0.25) is 9.59 Å². The zero-order valence-electron chi connectivity index (χ0n) is 13.1. The maximum Gasteiger partial charge on any atom is 0.305 e. The average Bonchev–Trinajstić information content (AvgIpc) is 2.45. The number of carboxylic acid groups (broad SMARTS) is 1. The Bertz CT molecular complexity index is 271.